The van der Waals surface area contributed by atoms with Crippen LogP contribution in [0, 0.1) is 6.92 Å². The van der Waals surface area contributed by atoms with Crippen LogP contribution < -0.4 is 5.32 Å². The maximum absolute atomic E-state index is 11.9. The number of nitrogens with one attached hydrogen (secondary N) is 1. The minimum absolute atomic E-state index is 0.00955. The van der Waals surface area contributed by atoms with Gasteiger partial charge >= 0.3 is 0 Å². The number of rotatable bonds is 4. The largest absolute Gasteiger partial charge is 0.324 e. The highest BCUT2D eigenvalue weighted by atomic mass is 35.5. The van der Waals surface area contributed by atoms with Gasteiger partial charge in [-0.3, -0.25) is 14.3 Å². The third-order valence-corrected chi connectivity index (χ3v) is 3.28. The van der Waals surface area contributed by atoms with Crippen LogP contribution in [-0.2, 0) is 11.3 Å². The molecule has 0 unspecified atom stereocenters. The van der Waals surface area contributed by atoms with E-state index in [0.29, 0.717) is 16.3 Å². The highest BCUT2D eigenvalue weighted by Gasteiger charge is 2.09. The average Bonchev–Trinajstić information content (AvgIpc) is 2.71. The zero-order valence-electron chi connectivity index (χ0n) is 11.2. The van der Waals surface area contributed by atoms with Gasteiger partial charge in [-0.25, -0.2) is 0 Å². The van der Waals surface area contributed by atoms with Gasteiger partial charge in [0.2, 0.25) is 5.91 Å². The zero-order chi connectivity index (χ0) is 14.7. The minimum Gasteiger partial charge on any atom is -0.324 e. The predicted octanol–water partition coefficient (Wildman–Crippen LogP) is 2.69. The quantitative estimate of drug-likeness (QED) is 0.881. The van der Waals surface area contributed by atoms with Gasteiger partial charge in [-0.2, -0.15) is 5.10 Å². The van der Waals surface area contributed by atoms with E-state index in [-0.39, 0.29) is 18.2 Å². The summed E-state index contributed by atoms with van der Waals surface area (Å²) in [6.45, 7) is 3.38. The number of halogens is 1. The van der Waals surface area contributed by atoms with Crippen molar-refractivity contribution in [3.8, 4) is 0 Å². The molecule has 0 aliphatic carbocycles. The SMILES string of the molecule is CC(=O)c1ccc(NC(=O)Cn2ncc(Cl)c2C)cc1. The fourth-order valence-corrected chi connectivity index (χ4v) is 1.85. The summed E-state index contributed by atoms with van der Waals surface area (Å²) in [4.78, 5) is 23.0. The Kier molecular flexibility index (Phi) is 4.20. The lowest BCUT2D eigenvalue weighted by molar-refractivity contribution is -0.116. The van der Waals surface area contributed by atoms with Crippen molar-refractivity contribution in [1.82, 2.24) is 9.78 Å². The third-order valence-electron chi connectivity index (χ3n) is 2.91. The first kappa shape index (κ1) is 14.3. The second-order valence-electron chi connectivity index (χ2n) is 4.42. The molecule has 0 saturated carbocycles. The van der Waals surface area contributed by atoms with Gasteiger partial charge in [-0.15, -0.1) is 0 Å². The lowest BCUT2D eigenvalue weighted by Gasteiger charge is -2.07. The van der Waals surface area contributed by atoms with Gasteiger partial charge in [0.15, 0.2) is 5.78 Å². The molecule has 6 heteroatoms. The number of nitrogens with zero attached hydrogens (tertiary/aromatic N) is 2. The molecule has 0 radical (unpaired) electrons. The zero-order valence-corrected chi connectivity index (χ0v) is 11.9. The first-order valence-corrected chi connectivity index (χ1v) is 6.44. The molecule has 1 amide bonds. The lowest BCUT2D eigenvalue weighted by atomic mass is 10.1. The van der Waals surface area contributed by atoms with Gasteiger partial charge in [0.05, 0.1) is 16.9 Å². The number of hydrogen-bond donors (Lipinski definition) is 1. The molecular weight excluding hydrogens is 278 g/mol. The normalized spacial score (nSPS) is 10.3. The van der Waals surface area contributed by atoms with Crippen LogP contribution in [0.3, 0.4) is 0 Å². The Bertz CT molecular complexity index is 647. The van der Waals surface area contributed by atoms with Crippen molar-refractivity contribution in [1.29, 1.82) is 0 Å². The molecule has 0 bridgehead atoms. The predicted molar refractivity (Wildman–Crippen MR) is 77.1 cm³/mol. The molecule has 2 aromatic rings. The summed E-state index contributed by atoms with van der Waals surface area (Å²) in [5, 5.41) is 7.28. The molecule has 5 nitrogen and oxygen atoms in total. The van der Waals surface area contributed by atoms with E-state index in [0.717, 1.165) is 5.69 Å². The third kappa shape index (κ3) is 3.24. The first-order chi connectivity index (χ1) is 9.47. The van der Waals surface area contributed by atoms with Crippen LogP contribution in [0.4, 0.5) is 5.69 Å². The van der Waals surface area contributed by atoms with E-state index in [4.69, 9.17) is 11.6 Å². The highest BCUT2D eigenvalue weighted by molar-refractivity contribution is 6.31. The van der Waals surface area contributed by atoms with Crippen molar-refractivity contribution in [2.24, 2.45) is 0 Å². The van der Waals surface area contributed by atoms with E-state index in [1.54, 1.807) is 31.2 Å². The molecule has 1 aromatic heterocycles. The molecule has 0 fully saturated rings. The Hall–Kier alpha value is -2.14. The van der Waals surface area contributed by atoms with E-state index >= 15 is 0 Å². The molecule has 1 N–H and O–H groups in total. The van der Waals surface area contributed by atoms with Gasteiger partial charge in [0.1, 0.15) is 6.54 Å². The van der Waals surface area contributed by atoms with Crippen LogP contribution in [-0.4, -0.2) is 21.5 Å². The van der Waals surface area contributed by atoms with Crippen LogP contribution in [0.15, 0.2) is 30.5 Å². The standard InChI is InChI=1S/C14H14ClN3O2/c1-9-13(15)7-16-18(9)8-14(20)17-12-5-3-11(4-6-12)10(2)19/h3-7H,8H2,1-2H3,(H,17,20). The Morgan fingerprint density at radius 1 is 1.30 bits per heavy atom. The van der Waals surface area contributed by atoms with E-state index < -0.39 is 0 Å². The summed E-state index contributed by atoms with van der Waals surface area (Å²) >= 11 is 5.87. The van der Waals surface area contributed by atoms with Crippen molar-refractivity contribution in [3.05, 3.63) is 46.7 Å². The molecule has 0 aliphatic heterocycles. The van der Waals surface area contributed by atoms with Gasteiger partial charge in [-0.1, -0.05) is 11.6 Å². The number of aromatic nitrogens is 2. The number of carbonyl (C=O) groups excluding carboxylic acids is 2. The number of carbonyl (C=O) groups is 2. The summed E-state index contributed by atoms with van der Waals surface area (Å²) in [5.74, 6) is -0.215. The molecule has 1 heterocycles. The fraction of sp³-hybridized carbons (Fsp3) is 0.214. The second-order valence-corrected chi connectivity index (χ2v) is 4.82. The number of benzene rings is 1. The van der Waals surface area contributed by atoms with Gasteiger partial charge in [0, 0.05) is 11.3 Å². The van der Waals surface area contributed by atoms with E-state index in [2.05, 4.69) is 10.4 Å². The average molecular weight is 292 g/mol. The van der Waals surface area contributed by atoms with E-state index in [1.807, 2.05) is 0 Å². The van der Waals surface area contributed by atoms with Gasteiger partial charge in [-0.05, 0) is 38.1 Å². The lowest BCUT2D eigenvalue weighted by Crippen LogP contribution is -2.20. The van der Waals surface area contributed by atoms with Crippen LogP contribution in [0.5, 0.6) is 0 Å². The molecule has 0 spiro atoms. The van der Waals surface area contributed by atoms with E-state index in [9.17, 15) is 9.59 Å². The van der Waals surface area contributed by atoms with Crippen molar-refractivity contribution >= 4 is 29.0 Å². The van der Waals surface area contributed by atoms with Crippen molar-refractivity contribution in [2.45, 2.75) is 20.4 Å². The number of anilines is 1. The summed E-state index contributed by atoms with van der Waals surface area (Å²) in [6.07, 6.45) is 1.51. The Morgan fingerprint density at radius 3 is 2.45 bits per heavy atom. The van der Waals surface area contributed by atoms with Crippen molar-refractivity contribution in [3.63, 3.8) is 0 Å². The summed E-state index contributed by atoms with van der Waals surface area (Å²) in [7, 11) is 0. The monoisotopic (exact) mass is 291 g/mol. The van der Waals surface area contributed by atoms with Gasteiger partial charge in [0.25, 0.3) is 0 Å². The molecule has 0 aliphatic rings. The number of amides is 1. The van der Waals surface area contributed by atoms with Crippen LogP contribution in [0.2, 0.25) is 5.02 Å². The Balaban J connectivity index is 2.01. The van der Waals surface area contributed by atoms with Crippen LogP contribution >= 0.6 is 11.6 Å². The van der Waals surface area contributed by atoms with Crippen LogP contribution in [0.25, 0.3) is 0 Å². The molecule has 1 aromatic carbocycles. The molecular formula is C14H14ClN3O2. The van der Waals surface area contributed by atoms with Crippen LogP contribution in [0.1, 0.15) is 23.0 Å². The molecule has 104 valence electrons. The smallest absolute Gasteiger partial charge is 0.246 e. The maximum atomic E-state index is 11.9. The molecule has 2 rings (SSSR count). The Labute approximate surface area is 121 Å². The summed E-state index contributed by atoms with van der Waals surface area (Å²) in [5.41, 5.74) is 1.99. The molecule has 0 saturated heterocycles. The van der Waals surface area contributed by atoms with Crippen molar-refractivity contribution in [2.75, 3.05) is 5.32 Å². The van der Waals surface area contributed by atoms with Crippen molar-refractivity contribution < 1.29 is 9.59 Å². The molecule has 20 heavy (non-hydrogen) atoms. The topological polar surface area (TPSA) is 64.0 Å². The summed E-state index contributed by atoms with van der Waals surface area (Å²) in [6, 6.07) is 6.73. The summed E-state index contributed by atoms with van der Waals surface area (Å²) < 4.78 is 1.53. The first-order valence-electron chi connectivity index (χ1n) is 6.06. The highest BCUT2D eigenvalue weighted by Crippen LogP contribution is 2.14. The maximum Gasteiger partial charge on any atom is 0.246 e. The second kappa shape index (κ2) is 5.88. The Morgan fingerprint density at radius 2 is 1.95 bits per heavy atom. The minimum atomic E-state index is -0.205. The number of ketones is 1. The van der Waals surface area contributed by atoms with E-state index in [1.165, 1.54) is 17.8 Å². The number of Topliss-reactive ketones (excluding diaryl/α,β-unsaturated/α-hetero) is 1. The van der Waals surface area contributed by atoms with Gasteiger partial charge < -0.3 is 5.32 Å². The fourth-order valence-electron chi connectivity index (χ4n) is 1.71. The number of hydrogen-bond acceptors (Lipinski definition) is 3. The molecule has 0 atom stereocenters.